The number of hydrogen-bond donors (Lipinski definition) is 1. The summed E-state index contributed by atoms with van der Waals surface area (Å²) < 4.78 is 17.1. The maximum absolute atomic E-state index is 5.58. The number of benzene rings is 2. The smallest absolute Gasteiger partial charge is 0.226 e. The lowest BCUT2D eigenvalue weighted by Crippen LogP contribution is -2.04. The van der Waals surface area contributed by atoms with Gasteiger partial charge in [-0.25, -0.2) is 4.98 Å². The van der Waals surface area contributed by atoms with Crippen molar-refractivity contribution in [2.45, 2.75) is 16.5 Å². The van der Waals surface area contributed by atoms with E-state index in [-0.39, 0.29) is 0 Å². The van der Waals surface area contributed by atoms with Gasteiger partial charge in [-0.3, -0.25) is 0 Å². The van der Waals surface area contributed by atoms with Crippen LogP contribution in [0.3, 0.4) is 0 Å². The normalized spacial score (nSPS) is 10.8. The number of aromatic nitrogens is 3. The van der Waals surface area contributed by atoms with Crippen LogP contribution in [0, 0.1) is 0 Å². The molecule has 0 aliphatic heterocycles. The Morgan fingerprint density at radius 3 is 2.68 bits per heavy atom. The van der Waals surface area contributed by atoms with Crippen molar-refractivity contribution in [3.63, 3.8) is 0 Å². The highest BCUT2D eigenvalue weighted by Crippen LogP contribution is 2.30. The average Bonchev–Trinajstić information content (AvgIpc) is 3.48. The lowest BCUT2D eigenvalue weighted by Gasteiger charge is -2.09. The summed E-state index contributed by atoms with van der Waals surface area (Å²) in [4.78, 5) is 4.55. The molecule has 2 aromatic carbocycles. The van der Waals surface area contributed by atoms with Crippen molar-refractivity contribution in [2.24, 2.45) is 0 Å². The summed E-state index contributed by atoms with van der Waals surface area (Å²) in [6.07, 6.45) is 2.53. The molecular weight excluding hydrogens is 432 g/mol. The van der Waals surface area contributed by atoms with E-state index in [0.29, 0.717) is 11.6 Å². The predicted molar refractivity (Wildman–Crippen MR) is 123 cm³/mol. The van der Waals surface area contributed by atoms with Gasteiger partial charge in [0.05, 0.1) is 19.9 Å². The molecule has 160 valence electrons. The van der Waals surface area contributed by atoms with E-state index in [1.165, 1.54) is 11.3 Å². The van der Waals surface area contributed by atoms with Crippen molar-refractivity contribution >= 4 is 28.2 Å². The minimum atomic E-state index is 0.631. The van der Waals surface area contributed by atoms with Crippen LogP contribution in [0.1, 0.15) is 11.3 Å². The third-order valence-corrected chi connectivity index (χ3v) is 6.51. The Balaban J connectivity index is 1.26. The maximum Gasteiger partial charge on any atom is 0.226 e. The number of nitrogens with one attached hydrogen (secondary N) is 1. The van der Waals surface area contributed by atoms with Crippen LogP contribution in [0.2, 0.25) is 0 Å². The Morgan fingerprint density at radius 2 is 1.87 bits per heavy atom. The standard InChI is InChI=1S/C22H22N4O3S2/c1-27-18-9-8-15(12-19(18)28-2)10-11-23-21-25-26-22(31-21)30-14-17-13-29-20(24-17)16-6-4-3-5-7-16/h3-9,12-13H,10-11,14H2,1-2H3,(H,23,25). The molecular formula is C22H22N4O3S2. The second kappa shape index (κ2) is 10.3. The number of anilines is 1. The second-order valence-corrected chi connectivity index (χ2v) is 8.74. The molecule has 0 spiro atoms. The molecule has 7 nitrogen and oxygen atoms in total. The van der Waals surface area contributed by atoms with E-state index in [2.05, 4.69) is 20.5 Å². The highest BCUT2D eigenvalue weighted by Gasteiger charge is 2.10. The molecule has 2 heterocycles. The quantitative estimate of drug-likeness (QED) is 0.329. The van der Waals surface area contributed by atoms with Gasteiger partial charge >= 0.3 is 0 Å². The number of hydrogen-bond acceptors (Lipinski definition) is 9. The summed E-state index contributed by atoms with van der Waals surface area (Å²) in [7, 11) is 3.27. The monoisotopic (exact) mass is 454 g/mol. The Hall–Kier alpha value is -3.04. The van der Waals surface area contributed by atoms with E-state index in [1.54, 1.807) is 32.2 Å². The molecule has 0 saturated heterocycles. The van der Waals surface area contributed by atoms with Gasteiger partial charge in [0.1, 0.15) is 6.26 Å². The lowest BCUT2D eigenvalue weighted by molar-refractivity contribution is 0.354. The average molecular weight is 455 g/mol. The lowest BCUT2D eigenvalue weighted by atomic mass is 10.1. The maximum atomic E-state index is 5.58. The van der Waals surface area contributed by atoms with Gasteiger partial charge in [-0.2, -0.15) is 0 Å². The van der Waals surface area contributed by atoms with Gasteiger partial charge < -0.3 is 19.2 Å². The van der Waals surface area contributed by atoms with Gasteiger partial charge in [0.15, 0.2) is 15.8 Å². The summed E-state index contributed by atoms with van der Waals surface area (Å²) >= 11 is 3.12. The zero-order chi connectivity index (χ0) is 21.5. The second-order valence-electron chi connectivity index (χ2n) is 6.54. The Labute approximate surface area is 188 Å². The van der Waals surface area contributed by atoms with Crippen molar-refractivity contribution < 1.29 is 13.9 Å². The number of oxazole rings is 1. The first kappa shape index (κ1) is 21.2. The van der Waals surface area contributed by atoms with E-state index in [4.69, 9.17) is 13.9 Å². The minimum Gasteiger partial charge on any atom is -0.493 e. The molecule has 1 N–H and O–H groups in total. The number of methoxy groups -OCH3 is 2. The van der Waals surface area contributed by atoms with Crippen molar-refractivity contribution in [3.05, 3.63) is 66.1 Å². The third kappa shape index (κ3) is 5.56. The first-order valence-electron chi connectivity index (χ1n) is 9.66. The topological polar surface area (TPSA) is 82.3 Å². The summed E-state index contributed by atoms with van der Waals surface area (Å²) in [6.45, 7) is 0.749. The summed E-state index contributed by atoms with van der Waals surface area (Å²) in [5.74, 6) is 2.77. The molecule has 4 aromatic rings. The Morgan fingerprint density at radius 1 is 1.03 bits per heavy atom. The van der Waals surface area contributed by atoms with Crippen LogP contribution in [-0.2, 0) is 12.2 Å². The number of ether oxygens (including phenoxy) is 2. The van der Waals surface area contributed by atoms with Gasteiger partial charge in [0.25, 0.3) is 0 Å². The number of nitrogens with zero attached hydrogens (tertiary/aromatic N) is 3. The van der Waals surface area contributed by atoms with E-state index < -0.39 is 0 Å². The van der Waals surface area contributed by atoms with E-state index in [1.807, 2.05) is 48.5 Å². The fourth-order valence-corrected chi connectivity index (χ4v) is 4.57. The van der Waals surface area contributed by atoms with Crippen molar-refractivity contribution in [2.75, 3.05) is 26.1 Å². The molecule has 0 aliphatic carbocycles. The molecule has 4 rings (SSSR count). The summed E-state index contributed by atoms with van der Waals surface area (Å²) in [5, 5.41) is 12.6. The fourth-order valence-electron chi connectivity index (χ4n) is 2.91. The van der Waals surface area contributed by atoms with Gasteiger partial charge in [-0.1, -0.05) is 47.4 Å². The highest BCUT2D eigenvalue weighted by atomic mass is 32.2. The molecule has 0 saturated carbocycles. The van der Waals surface area contributed by atoms with Gasteiger partial charge in [-0.05, 0) is 36.2 Å². The van der Waals surface area contributed by atoms with Crippen LogP contribution >= 0.6 is 23.1 Å². The molecule has 0 aliphatic rings. The first-order chi connectivity index (χ1) is 15.2. The van der Waals surface area contributed by atoms with Crippen LogP contribution in [0.4, 0.5) is 5.13 Å². The summed E-state index contributed by atoms with van der Waals surface area (Å²) in [5.41, 5.74) is 3.00. The third-order valence-electron chi connectivity index (χ3n) is 4.46. The highest BCUT2D eigenvalue weighted by molar-refractivity contribution is 8.00. The molecule has 0 radical (unpaired) electrons. The SMILES string of the molecule is COc1ccc(CCNc2nnc(SCc3coc(-c4ccccc4)n3)s2)cc1OC. The molecule has 31 heavy (non-hydrogen) atoms. The molecule has 0 unspecified atom stereocenters. The van der Waals surface area contributed by atoms with Crippen LogP contribution in [0.5, 0.6) is 11.5 Å². The first-order valence-corrected chi connectivity index (χ1v) is 11.5. The van der Waals surface area contributed by atoms with Crippen molar-refractivity contribution in [3.8, 4) is 23.0 Å². The molecule has 0 bridgehead atoms. The van der Waals surface area contributed by atoms with Gasteiger partial charge in [0.2, 0.25) is 11.0 Å². The fraction of sp³-hybridized carbons (Fsp3) is 0.227. The molecule has 0 amide bonds. The van der Waals surface area contributed by atoms with Crippen LogP contribution in [0.15, 0.2) is 63.6 Å². The van der Waals surface area contributed by atoms with Crippen molar-refractivity contribution in [1.29, 1.82) is 0 Å². The van der Waals surface area contributed by atoms with E-state index in [0.717, 1.165) is 50.8 Å². The van der Waals surface area contributed by atoms with Crippen LogP contribution in [0.25, 0.3) is 11.5 Å². The minimum absolute atomic E-state index is 0.631. The Bertz CT molecular complexity index is 1110. The van der Waals surface area contributed by atoms with E-state index >= 15 is 0 Å². The van der Waals surface area contributed by atoms with E-state index in [9.17, 15) is 0 Å². The number of thioether (sulfide) groups is 1. The zero-order valence-electron chi connectivity index (χ0n) is 17.2. The predicted octanol–water partition coefficient (Wildman–Crippen LogP) is 5.16. The summed E-state index contributed by atoms with van der Waals surface area (Å²) in [6, 6.07) is 15.8. The van der Waals surface area contributed by atoms with Gasteiger partial charge in [-0.15, -0.1) is 10.2 Å². The molecule has 2 aromatic heterocycles. The van der Waals surface area contributed by atoms with Crippen molar-refractivity contribution in [1.82, 2.24) is 15.2 Å². The van der Waals surface area contributed by atoms with Crippen LogP contribution < -0.4 is 14.8 Å². The molecule has 0 fully saturated rings. The zero-order valence-corrected chi connectivity index (χ0v) is 18.8. The molecule has 0 atom stereocenters. The van der Waals surface area contributed by atoms with Gasteiger partial charge in [0, 0.05) is 17.9 Å². The largest absolute Gasteiger partial charge is 0.493 e. The molecule has 9 heteroatoms. The van der Waals surface area contributed by atoms with Crippen LogP contribution in [-0.4, -0.2) is 35.9 Å². The Kier molecular flexibility index (Phi) is 7.06. The number of rotatable bonds is 10.